The molecule has 0 aromatic heterocycles. The van der Waals surface area contributed by atoms with Gasteiger partial charge in [0.05, 0.1) is 39.6 Å². The Kier molecular flexibility index (Phi) is 25.3. The first-order valence-electron chi connectivity index (χ1n) is 16.8. The highest BCUT2D eigenvalue weighted by Gasteiger charge is 2.23. The van der Waals surface area contributed by atoms with E-state index >= 15 is 0 Å². The second-order valence-electron chi connectivity index (χ2n) is 10.9. The number of nitrogens with one attached hydrogen (secondary N) is 3. The number of hydrogen-bond donors (Lipinski definition) is 3. The summed E-state index contributed by atoms with van der Waals surface area (Å²) in [4.78, 5) is 39.0. The summed E-state index contributed by atoms with van der Waals surface area (Å²) in [6.45, 7) is 8.41. The van der Waals surface area contributed by atoms with E-state index in [1.165, 1.54) is 0 Å². The highest BCUT2D eigenvalue weighted by atomic mass is 16.6. The zero-order chi connectivity index (χ0) is 33.7. The molecule has 0 unspecified atom stereocenters. The maximum atomic E-state index is 13.4. The van der Waals surface area contributed by atoms with Crippen LogP contribution in [-0.4, -0.2) is 104 Å². The molecule has 0 aliphatic heterocycles. The van der Waals surface area contributed by atoms with E-state index in [0.717, 1.165) is 51.4 Å². The topological polar surface area (TPSA) is 143 Å². The van der Waals surface area contributed by atoms with Crippen LogP contribution < -0.4 is 25.4 Å². The lowest BCUT2D eigenvalue weighted by Crippen LogP contribution is -2.47. The fourth-order valence-electron chi connectivity index (χ4n) is 4.33. The highest BCUT2D eigenvalue weighted by Crippen LogP contribution is 2.28. The van der Waals surface area contributed by atoms with E-state index in [-0.39, 0.29) is 37.9 Å². The summed E-state index contributed by atoms with van der Waals surface area (Å²) >= 11 is 0. The van der Waals surface area contributed by atoms with Crippen molar-refractivity contribution in [3.05, 3.63) is 23.8 Å². The Morgan fingerprint density at radius 3 is 1.83 bits per heavy atom. The first kappa shape index (κ1) is 41.1. The van der Waals surface area contributed by atoms with E-state index in [2.05, 4.69) is 29.8 Å². The number of carbonyl (C=O) groups is 3. The van der Waals surface area contributed by atoms with Crippen LogP contribution in [0.1, 0.15) is 88.4 Å². The molecule has 46 heavy (non-hydrogen) atoms. The van der Waals surface area contributed by atoms with E-state index in [4.69, 9.17) is 28.4 Å². The van der Waals surface area contributed by atoms with E-state index in [1.807, 2.05) is 0 Å². The molecule has 12 nitrogen and oxygen atoms in total. The first-order chi connectivity index (χ1) is 22.5. The maximum Gasteiger partial charge on any atom is 0.252 e. The van der Waals surface area contributed by atoms with Gasteiger partial charge in [0.2, 0.25) is 11.8 Å². The predicted octanol–water partition coefficient (Wildman–Crippen LogP) is 4.04. The molecule has 0 bridgehead atoms. The summed E-state index contributed by atoms with van der Waals surface area (Å²) in [5.74, 6) is -0.0944. The SMILES string of the molecule is CCCCCCNC(=O)CC[C@H](NC(=O)c1ccc(OCCOCCOC)c(OCCOCCOC)c1)C(=O)NCCCCCC. The number of hydrogen-bond acceptors (Lipinski definition) is 9. The molecule has 3 N–H and O–H groups in total. The minimum Gasteiger partial charge on any atom is -0.487 e. The normalized spacial score (nSPS) is 11.6. The Hall–Kier alpha value is -2.93. The van der Waals surface area contributed by atoms with Crippen molar-refractivity contribution in [2.24, 2.45) is 0 Å². The molecule has 3 amide bonds. The third-order valence-electron chi connectivity index (χ3n) is 7.00. The molecule has 1 aromatic carbocycles. The van der Waals surface area contributed by atoms with Crippen LogP contribution in [0, 0.1) is 0 Å². The summed E-state index contributed by atoms with van der Waals surface area (Å²) in [5, 5.41) is 8.68. The number of benzene rings is 1. The number of carbonyl (C=O) groups excluding carboxylic acids is 3. The lowest BCUT2D eigenvalue weighted by atomic mass is 10.1. The monoisotopic (exact) mass is 653 g/mol. The van der Waals surface area contributed by atoms with E-state index in [9.17, 15) is 14.4 Å². The van der Waals surface area contributed by atoms with Gasteiger partial charge in [-0.05, 0) is 37.5 Å². The second kappa shape index (κ2) is 28.3. The van der Waals surface area contributed by atoms with Gasteiger partial charge in [-0.3, -0.25) is 14.4 Å². The fourth-order valence-corrected chi connectivity index (χ4v) is 4.33. The van der Waals surface area contributed by atoms with Crippen LogP contribution in [0.15, 0.2) is 18.2 Å². The molecule has 0 fully saturated rings. The Morgan fingerprint density at radius 1 is 0.674 bits per heavy atom. The maximum absolute atomic E-state index is 13.4. The lowest BCUT2D eigenvalue weighted by Gasteiger charge is -2.19. The van der Waals surface area contributed by atoms with Crippen LogP contribution in [0.3, 0.4) is 0 Å². The van der Waals surface area contributed by atoms with E-state index < -0.39 is 11.9 Å². The van der Waals surface area contributed by atoms with Gasteiger partial charge >= 0.3 is 0 Å². The van der Waals surface area contributed by atoms with Crippen molar-refractivity contribution in [2.75, 3.05) is 80.2 Å². The van der Waals surface area contributed by atoms with E-state index in [1.54, 1.807) is 32.4 Å². The molecular formula is C34H59N3O9. The summed E-state index contributed by atoms with van der Waals surface area (Å²) in [5.41, 5.74) is 0.292. The molecule has 0 aliphatic carbocycles. The zero-order valence-electron chi connectivity index (χ0n) is 28.6. The van der Waals surface area contributed by atoms with Crippen molar-refractivity contribution < 1.29 is 42.8 Å². The number of rotatable bonds is 30. The Balaban J connectivity index is 2.92. The molecule has 1 atom stereocenters. The van der Waals surface area contributed by atoms with Gasteiger partial charge < -0.3 is 44.4 Å². The van der Waals surface area contributed by atoms with Gasteiger partial charge in [-0.25, -0.2) is 0 Å². The molecule has 0 spiro atoms. The summed E-state index contributed by atoms with van der Waals surface area (Å²) < 4.78 is 32.7. The van der Waals surface area contributed by atoms with Crippen LogP contribution >= 0.6 is 0 Å². The lowest BCUT2D eigenvalue weighted by molar-refractivity contribution is -0.124. The predicted molar refractivity (Wildman–Crippen MR) is 178 cm³/mol. The molecule has 0 saturated carbocycles. The van der Waals surface area contributed by atoms with Crippen molar-refractivity contribution in [3.8, 4) is 11.5 Å². The third kappa shape index (κ3) is 20.2. The minimum absolute atomic E-state index is 0.124. The van der Waals surface area contributed by atoms with Crippen molar-refractivity contribution >= 4 is 17.7 Å². The van der Waals surface area contributed by atoms with Crippen molar-refractivity contribution in [3.63, 3.8) is 0 Å². The van der Waals surface area contributed by atoms with Crippen LogP contribution in [0.25, 0.3) is 0 Å². The number of ether oxygens (including phenoxy) is 6. The standard InChI is InChI=1S/C34H59N3O9/c1-5-7-9-11-17-35-32(38)16-14-29(34(40)36-18-12-10-8-6-2)37-33(39)28-13-15-30(45-25-23-43-21-19-41-3)31(27-28)46-26-24-44-22-20-42-4/h13,15,27,29H,5-12,14,16-26H2,1-4H3,(H,35,38)(H,36,40)(H,37,39)/t29-/m0/s1. The minimum atomic E-state index is -0.872. The van der Waals surface area contributed by atoms with Crippen LogP contribution in [0.2, 0.25) is 0 Å². The average Bonchev–Trinajstić information content (AvgIpc) is 3.06. The smallest absolute Gasteiger partial charge is 0.252 e. The Labute approximate surface area is 275 Å². The van der Waals surface area contributed by atoms with Gasteiger partial charge in [-0.2, -0.15) is 0 Å². The van der Waals surface area contributed by atoms with Gasteiger partial charge in [0.1, 0.15) is 19.3 Å². The van der Waals surface area contributed by atoms with Crippen LogP contribution in [-0.2, 0) is 28.5 Å². The Bertz CT molecular complexity index is 948. The van der Waals surface area contributed by atoms with Gasteiger partial charge in [-0.1, -0.05) is 52.4 Å². The number of methoxy groups -OCH3 is 2. The largest absolute Gasteiger partial charge is 0.487 e. The van der Waals surface area contributed by atoms with Crippen LogP contribution in [0.5, 0.6) is 11.5 Å². The summed E-state index contributed by atoms with van der Waals surface area (Å²) in [6.07, 6.45) is 8.61. The zero-order valence-corrected chi connectivity index (χ0v) is 28.6. The molecule has 12 heteroatoms. The molecular weight excluding hydrogens is 594 g/mol. The van der Waals surface area contributed by atoms with Crippen molar-refractivity contribution in [2.45, 2.75) is 84.1 Å². The van der Waals surface area contributed by atoms with Crippen molar-refractivity contribution in [1.82, 2.24) is 16.0 Å². The molecule has 0 saturated heterocycles. The van der Waals surface area contributed by atoms with Gasteiger partial charge in [0.15, 0.2) is 11.5 Å². The van der Waals surface area contributed by atoms with Gasteiger partial charge in [-0.15, -0.1) is 0 Å². The molecule has 0 radical (unpaired) electrons. The number of unbranched alkanes of at least 4 members (excludes halogenated alkanes) is 6. The summed E-state index contributed by atoms with van der Waals surface area (Å²) in [6, 6.07) is 3.97. The molecule has 1 aromatic rings. The summed E-state index contributed by atoms with van der Waals surface area (Å²) in [7, 11) is 3.21. The molecule has 1 rings (SSSR count). The van der Waals surface area contributed by atoms with E-state index in [0.29, 0.717) is 69.8 Å². The number of amides is 3. The first-order valence-corrected chi connectivity index (χ1v) is 16.8. The van der Waals surface area contributed by atoms with Crippen molar-refractivity contribution in [1.29, 1.82) is 0 Å². The quantitative estimate of drug-likeness (QED) is 0.105. The molecule has 0 aliphatic rings. The second-order valence-corrected chi connectivity index (χ2v) is 10.9. The third-order valence-corrected chi connectivity index (χ3v) is 7.00. The molecule has 0 heterocycles. The molecule has 264 valence electrons. The highest BCUT2D eigenvalue weighted by molar-refractivity contribution is 5.98. The van der Waals surface area contributed by atoms with Gasteiger partial charge in [0.25, 0.3) is 5.91 Å². The fraction of sp³-hybridized carbons (Fsp3) is 0.735. The van der Waals surface area contributed by atoms with Gasteiger partial charge in [0, 0.05) is 39.3 Å². The average molecular weight is 654 g/mol. The van der Waals surface area contributed by atoms with Crippen LogP contribution in [0.4, 0.5) is 0 Å². The Morgan fingerprint density at radius 2 is 1.24 bits per heavy atom.